The molecule has 0 N–H and O–H groups in total. The average Bonchev–Trinajstić information content (AvgIpc) is 1.89. The predicted octanol–water partition coefficient (Wildman–Crippen LogP) is 2.80. The largest absolute Gasteiger partial charge is 0.273 e. The molecule has 0 amide bonds. The van der Waals surface area contributed by atoms with E-state index >= 15 is 0 Å². The van der Waals surface area contributed by atoms with Crippen molar-refractivity contribution < 1.29 is 0 Å². The van der Waals surface area contributed by atoms with Crippen molar-refractivity contribution in [3.8, 4) is 0 Å². The monoisotopic (exact) mass is 125 g/mol. The first-order valence-corrected chi connectivity index (χ1v) is 2.85. The van der Waals surface area contributed by atoms with E-state index in [4.69, 9.17) is 0 Å². The number of nitrogens with zero attached hydrogens (tertiary/aromatic N) is 1. The quantitative estimate of drug-likeness (QED) is 0.377. The molecule has 0 unspecified atom stereocenters. The van der Waals surface area contributed by atoms with Crippen molar-refractivity contribution in [2.24, 2.45) is 4.99 Å². The zero-order valence-electron chi connectivity index (χ0n) is 6.52. The summed E-state index contributed by atoms with van der Waals surface area (Å²) in [7, 11) is 0. The zero-order valence-corrected chi connectivity index (χ0v) is 6.52. The van der Waals surface area contributed by atoms with Crippen molar-refractivity contribution in [1.82, 2.24) is 0 Å². The van der Waals surface area contributed by atoms with E-state index in [-0.39, 0.29) is 0 Å². The van der Waals surface area contributed by atoms with E-state index in [1.807, 2.05) is 6.92 Å². The summed E-state index contributed by atoms with van der Waals surface area (Å²) in [4.78, 5) is 3.25. The maximum Gasteiger partial charge on any atom is 0.0188 e. The van der Waals surface area contributed by atoms with Crippen molar-refractivity contribution in [2.45, 2.75) is 20.8 Å². The molecule has 0 saturated carbocycles. The van der Waals surface area contributed by atoms with Gasteiger partial charge >= 0.3 is 0 Å². The maximum atomic E-state index is 3.25. The summed E-state index contributed by atoms with van der Waals surface area (Å²) < 4.78 is 0. The Hall–Kier alpha value is -0.850. The summed E-state index contributed by atoms with van der Waals surface area (Å²) in [5.74, 6) is 0. The Bertz CT molecular complexity index is 91.1. The van der Waals surface area contributed by atoms with Gasteiger partial charge in [0, 0.05) is 6.20 Å². The molecule has 0 radical (unpaired) electrons. The lowest BCUT2D eigenvalue weighted by Gasteiger charge is -1.74. The van der Waals surface area contributed by atoms with Gasteiger partial charge in [0.25, 0.3) is 0 Å². The average molecular weight is 125 g/mol. The van der Waals surface area contributed by atoms with E-state index in [9.17, 15) is 0 Å². The van der Waals surface area contributed by atoms with Gasteiger partial charge in [0.1, 0.15) is 0 Å². The molecule has 1 nitrogen and oxygen atoms in total. The maximum absolute atomic E-state index is 3.25. The molecule has 0 saturated heterocycles. The van der Waals surface area contributed by atoms with E-state index in [2.05, 4.69) is 38.2 Å². The van der Waals surface area contributed by atoms with Crippen LogP contribution in [-0.2, 0) is 0 Å². The third-order valence-electron chi connectivity index (χ3n) is 0.706. The first kappa shape index (κ1) is 11.0. The molecular weight excluding hydrogens is 110 g/mol. The van der Waals surface area contributed by atoms with Crippen LogP contribution in [-0.4, -0.2) is 6.72 Å². The van der Waals surface area contributed by atoms with E-state index < -0.39 is 0 Å². The second-order valence-corrected chi connectivity index (χ2v) is 1.73. The Morgan fingerprint density at radius 3 is 1.67 bits per heavy atom. The third-order valence-corrected chi connectivity index (χ3v) is 0.706. The lowest BCUT2D eigenvalue weighted by molar-refractivity contribution is 1.36. The van der Waals surface area contributed by atoms with Crippen molar-refractivity contribution in [1.29, 1.82) is 0 Å². The van der Waals surface area contributed by atoms with Gasteiger partial charge in [-0.1, -0.05) is 18.2 Å². The fourth-order valence-electron chi connectivity index (χ4n) is 0. The lowest BCUT2D eigenvalue weighted by Crippen LogP contribution is -1.52. The SMILES string of the molecule is C=CN=C.CC=C(C)C. The lowest BCUT2D eigenvalue weighted by atomic mass is 10.3. The Morgan fingerprint density at radius 1 is 1.44 bits per heavy atom. The Kier molecular flexibility index (Phi) is 12.5. The Labute approximate surface area is 57.8 Å². The Balaban J connectivity index is 0. The summed E-state index contributed by atoms with van der Waals surface area (Å²) >= 11 is 0. The zero-order chi connectivity index (χ0) is 7.70. The van der Waals surface area contributed by atoms with Crippen LogP contribution in [0.5, 0.6) is 0 Å². The normalized spacial score (nSPS) is 6.11. The van der Waals surface area contributed by atoms with Crippen molar-refractivity contribution in [3.63, 3.8) is 0 Å². The van der Waals surface area contributed by atoms with E-state index in [0.29, 0.717) is 0 Å². The summed E-state index contributed by atoms with van der Waals surface area (Å²) in [6.07, 6.45) is 3.47. The number of rotatable bonds is 1. The molecule has 0 fully saturated rings. The molecular formula is C8H15N. The molecule has 0 spiro atoms. The molecule has 0 rings (SSSR count). The van der Waals surface area contributed by atoms with Gasteiger partial charge in [-0.15, -0.1) is 0 Å². The van der Waals surface area contributed by atoms with E-state index in [1.165, 1.54) is 11.8 Å². The van der Waals surface area contributed by atoms with Crippen molar-refractivity contribution in [3.05, 3.63) is 24.4 Å². The fraction of sp³-hybridized carbons (Fsp3) is 0.375. The smallest absolute Gasteiger partial charge is 0.0188 e. The summed E-state index contributed by atoms with van der Waals surface area (Å²) in [6.45, 7) is 12.6. The van der Waals surface area contributed by atoms with Crippen LogP contribution in [0.25, 0.3) is 0 Å². The van der Waals surface area contributed by atoms with Crippen LogP contribution in [0.1, 0.15) is 20.8 Å². The number of aliphatic imine (C=N–C) groups is 1. The minimum absolute atomic E-state index is 1.38. The molecule has 1 heteroatoms. The highest BCUT2D eigenvalue weighted by Crippen LogP contribution is 1.82. The molecule has 0 atom stereocenters. The van der Waals surface area contributed by atoms with Gasteiger partial charge in [0.15, 0.2) is 0 Å². The summed E-state index contributed by atoms with van der Waals surface area (Å²) in [5.41, 5.74) is 1.38. The van der Waals surface area contributed by atoms with E-state index in [1.54, 1.807) is 0 Å². The van der Waals surface area contributed by atoms with Crippen LogP contribution >= 0.6 is 0 Å². The molecule has 9 heavy (non-hydrogen) atoms. The van der Waals surface area contributed by atoms with Gasteiger partial charge in [-0.2, -0.15) is 0 Å². The predicted molar refractivity (Wildman–Crippen MR) is 44.9 cm³/mol. The first-order valence-electron chi connectivity index (χ1n) is 2.85. The number of allylic oxidation sites excluding steroid dienone is 2. The van der Waals surface area contributed by atoms with Gasteiger partial charge in [-0.05, 0) is 27.5 Å². The Morgan fingerprint density at radius 2 is 1.67 bits per heavy atom. The highest BCUT2D eigenvalue weighted by molar-refractivity contribution is 5.24. The molecule has 0 aliphatic rings. The van der Waals surface area contributed by atoms with Crippen LogP contribution in [0, 0.1) is 0 Å². The second kappa shape index (κ2) is 10.2. The van der Waals surface area contributed by atoms with Crippen LogP contribution in [0.3, 0.4) is 0 Å². The van der Waals surface area contributed by atoms with Crippen LogP contribution < -0.4 is 0 Å². The van der Waals surface area contributed by atoms with Crippen LogP contribution in [0.4, 0.5) is 0 Å². The number of hydrogen-bond acceptors (Lipinski definition) is 1. The van der Waals surface area contributed by atoms with Crippen LogP contribution in [0.2, 0.25) is 0 Å². The molecule has 0 aromatic rings. The molecule has 0 aliphatic heterocycles. The van der Waals surface area contributed by atoms with Crippen LogP contribution in [0.15, 0.2) is 29.4 Å². The van der Waals surface area contributed by atoms with E-state index in [0.717, 1.165) is 0 Å². The second-order valence-electron chi connectivity index (χ2n) is 1.73. The summed E-state index contributed by atoms with van der Waals surface area (Å²) in [6, 6.07) is 0. The molecule has 0 aliphatic carbocycles. The molecule has 0 heterocycles. The molecule has 52 valence electrons. The first-order chi connectivity index (χ1) is 4.18. The topological polar surface area (TPSA) is 12.4 Å². The standard InChI is InChI=1S/C5H10.C3H5N/c1-4-5(2)3;1-3-4-2/h4H,1-3H3;3H,1-2H2. The molecule has 0 aromatic carbocycles. The van der Waals surface area contributed by atoms with Gasteiger partial charge < -0.3 is 0 Å². The minimum Gasteiger partial charge on any atom is -0.273 e. The van der Waals surface area contributed by atoms with Crippen molar-refractivity contribution >= 4 is 6.72 Å². The fourth-order valence-corrected chi connectivity index (χ4v) is 0. The highest BCUT2D eigenvalue weighted by Gasteiger charge is 1.60. The third kappa shape index (κ3) is 41.0. The molecule has 0 aromatic heterocycles. The van der Waals surface area contributed by atoms with Crippen molar-refractivity contribution in [2.75, 3.05) is 0 Å². The highest BCUT2D eigenvalue weighted by atomic mass is 14.6. The number of hydrogen-bond donors (Lipinski definition) is 0. The van der Waals surface area contributed by atoms with Gasteiger partial charge in [-0.3, -0.25) is 4.99 Å². The summed E-state index contributed by atoms with van der Waals surface area (Å²) in [5, 5.41) is 0. The van der Waals surface area contributed by atoms with Gasteiger partial charge in [0.2, 0.25) is 0 Å². The van der Waals surface area contributed by atoms with Gasteiger partial charge in [-0.25, -0.2) is 0 Å². The van der Waals surface area contributed by atoms with Gasteiger partial charge in [0.05, 0.1) is 0 Å². The minimum atomic E-state index is 1.38. The molecule has 0 bridgehead atoms.